The SMILES string of the molecule is Cc1ccc(CS(=O)(=O)CCC(F)(F)F)cc1. The van der Waals surface area contributed by atoms with Crippen LogP contribution in [-0.4, -0.2) is 20.3 Å². The molecule has 0 saturated carbocycles. The molecule has 0 atom stereocenters. The summed E-state index contributed by atoms with van der Waals surface area (Å²) < 4.78 is 58.6. The first-order valence-electron chi connectivity index (χ1n) is 5.01. The van der Waals surface area contributed by atoms with Gasteiger partial charge >= 0.3 is 6.18 Å². The Balaban J connectivity index is 2.64. The molecule has 96 valence electrons. The van der Waals surface area contributed by atoms with Gasteiger partial charge in [-0.2, -0.15) is 13.2 Å². The minimum absolute atomic E-state index is 0.344. The summed E-state index contributed by atoms with van der Waals surface area (Å²) in [5.74, 6) is -1.20. The number of hydrogen-bond donors (Lipinski definition) is 0. The van der Waals surface area contributed by atoms with Crippen LogP contribution in [0, 0.1) is 6.92 Å². The maximum Gasteiger partial charge on any atom is 0.390 e. The summed E-state index contributed by atoms with van der Waals surface area (Å²) in [6.07, 6.45) is -5.72. The molecule has 0 amide bonds. The van der Waals surface area contributed by atoms with E-state index in [4.69, 9.17) is 0 Å². The van der Waals surface area contributed by atoms with Crippen LogP contribution >= 0.6 is 0 Å². The molecule has 0 spiro atoms. The van der Waals surface area contributed by atoms with Crippen molar-refractivity contribution in [2.45, 2.75) is 25.3 Å². The lowest BCUT2D eigenvalue weighted by Gasteiger charge is -2.07. The van der Waals surface area contributed by atoms with Gasteiger partial charge in [0.1, 0.15) is 0 Å². The van der Waals surface area contributed by atoms with Crippen molar-refractivity contribution in [2.24, 2.45) is 0 Å². The molecule has 0 N–H and O–H groups in total. The van der Waals surface area contributed by atoms with Crippen LogP contribution in [0.4, 0.5) is 13.2 Å². The van der Waals surface area contributed by atoms with E-state index in [1.807, 2.05) is 6.92 Å². The van der Waals surface area contributed by atoms with E-state index < -0.39 is 28.2 Å². The lowest BCUT2D eigenvalue weighted by molar-refractivity contribution is -0.129. The smallest absolute Gasteiger partial charge is 0.228 e. The third-order valence-electron chi connectivity index (χ3n) is 2.20. The van der Waals surface area contributed by atoms with Gasteiger partial charge in [0.2, 0.25) is 0 Å². The monoisotopic (exact) mass is 266 g/mol. The van der Waals surface area contributed by atoms with E-state index >= 15 is 0 Å². The van der Waals surface area contributed by atoms with Gasteiger partial charge in [-0.1, -0.05) is 29.8 Å². The fourth-order valence-electron chi connectivity index (χ4n) is 1.28. The molecule has 6 heteroatoms. The predicted molar refractivity (Wildman–Crippen MR) is 59.3 cm³/mol. The number of sulfone groups is 1. The molecular formula is C11H13F3O2S. The van der Waals surface area contributed by atoms with Gasteiger partial charge in [0.05, 0.1) is 17.9 Å². The van der Waals surface area contributed by atoms with Crippen LogP contribution < -0.4 is 0 Å². The molecule has 0 heterocycles. The van der Waals surface area contributed by atoms with Gasteiger partial charge in [0, 0.05) is 0 Å². The number of halogens is 3. The van der Waals surface area contributed by atoms with Crippen LogP contribution in [0.1, 0.15) is 17.5 Å². The van der Waals surface area contributed by atoms with E-state index in [-0.39, 0.29) is 5.75 Å². The third kappa shape index (κ3) is 5.72. The molecule has 0 saturated heterocycles. The van der Waals surface area contributed by atoms with E-state index in [2.05, 4.69) is 0 Å². The highest BCUT2D eigenvalue weighted by Crippen LogP contribution is 2.21. The maximum absolute atomic E-state index is 11.9. The Morgan fingerprint density at radius 3 is 2.12 bits per heavy atom. The molecule has 0 fully saturated rings. The summed E-state index contributed by atoms with van der Waals surface area (Å²) in [5.41, 5.74) is 1.49. The second kappa shape index (κ2) is 5.08. The summed E-state index contributed by atoms with van der Waals surface area (Å²) in [6, 6.07) is 6.68. The van der Waals surface area contributed by atoms with E-state index in [0.29, 0.717) is 5.56 Å². The molecule has 0 bridgehead atoms. The molecule has 0 aliphatic carbocycles. The van der Waals surface area contributed by atoms with Crippen LogP contribution in [-0.2, 0) is 15.6 Å². The minimum Gasteiger partial charge on any atom is -0.228 e. The highest BCUT2D eigenvalue weighted by atomic mass is 32.2. The van der Waals surface area contributed by atoms with Crippen molar-refractivity contribution < 1.29 is 21.6 Å². The van der Waals surface area contributed by atoms with Gasteiger partial charge in [-0.25, -0.2) is 8.42 Å². The van der Waals surface area contributed by atoms with Crippen molar-refractivity contribution in [1.29, 1.82) is 0 Å². The highest BCUT2D eigenvalue weighted by molar-refractivity contribution is 7.90. The van der Waals surface area contributed by atoms with Crippen LogP contribution in [0.3, 0.4) is 0 Å². The Bertz CT molecular complexity index is 460. The zero-order valence-electron chi connectivity index (χ0n) is 9.29. The van der Waals surface area contributed by atoms with Crippen molar-refractivity contribution in [3.8, 4) is 0 Å². The summed E-state index contributed by atoms with van der Waals surface area (Å²) in [4.78, 5) is 0. The average molecular weight is 266 g/mol. The van der Waals surface area contributed by atoms with Gasteiger partial charge in [-0.05, 0) is 12.5 Å². The van der Waals surface area contributed by atoms with Crippen LogP contribution in [0.2, 0.25) is 0 Å². The first kappa shape index (κ1) is 14.0. The topological polar surface area (TPSA) is 34.1 Å². The van der Waals surface area contributed by atoms with Gasteiger partial charge in [0.25, 0.3) is 0 Å². The van der Waals surface area contributed by atoms with Gasteiger partial charge in [-0.3, -0.25) is 0 Å². The summed E-state index contributed by atoms with van der Waals surface area (Å²) in [6.45, 7) is 1.85. The van der Waals surface area contributed by atoms with E-state index in [1.165, 1.54) is 0 Å². The average Bonchev–Trinajstić information content (AvgIpc) is 2.18. The molecule has 1 rings (SSSR count). The molecule has 2 nitrogen and oxygen atoms in total. The third-order valence-corrected chi connectivity index (χ3v) is 3.80. The second-order valence-electron chi connectivity index (χ2n) is 3.94. The zero-order valence-corrected chi connectivity index (χ0v) is 10.1. The van der Waals surface area contributed by atoms with Gasteiger partial charge < -0.3 is 0 Å². The van der Waals surface area contributed by atoms with Crippen molar-refractivity contribution in [1.82, 2.24) is 0 Å². The molecule has 0 aromatic heterocycles. The molecule has 0 radical (unpaired) electrons. The van der Waals surface area contributed by atoms with Crippen molar-refractivity contribution >= 4 is 9.84 Å². The second-order valence-corrected chi connectivity index (χ2v) is 6.13. The number of benzene rings is 1. The fourth-order valence-corrected chi connectivity index (χ4v) is 2.67. The number of rotatable bonds is 4. The molecular weight excluding hydrogens is 253 g/mol. The summed E-state index contributed by atoms with van der Waals surface area (Å²) >= 11 is 0. The summed E-state index contributed by atoms with van der Waals surface area (Å²) in [7, 11) is -3.70. The van der Waals surface area contributed by atoms with Crippen LogP contribution in [0.25, 0.3) is 0 Å². The van der Waals surface area contributed by atoms with Crippen molar-refractivity contribution in [2.75, 3.05) is 5.75 Å². The molecule has 0 aliphatic rings. The van der Waals surface area contributed by atoms with Crippen LogP contribution in [0.5, 0.6) is 0 Å². The molecule has 1 aromatic carbocycles. The maximum atomic E-state index is 11.9. The Morgan fingerprint density at radius 2 is 1.65 bits per heavy atom. The van der Waals surface area contributed by atoms with Crippen LogP contribution in [0.15, 0.2) is 24.3 Å². The largest absolute Gasteiger partial charge is 0.390 e. The molecule has 0 unspecified atom stereocenters. The summed E-state index contributed by atoms with van der Waals surface area (Å²) in [5, 5.41) is 0. The Labute approximate surface area is 98.4 Å². The first-order valence-corrected chi connectivity index (χ1v) is 6.83. The highest BCUT2D eigenvalue weighted by Gasteiger charge is 2.29. The lowest BCUT2D eigenvalue weighted by atomic mass is 10.2. The van der Waals surface area contributed by atoms with E-state index in [1.54, 1.807) is 24.3 Å². The number of aryl methyl sites for hydroxylation is 1. The fraction of sp³-hybridized carbons (Fsp3) is 0.455. The quantitative estimate of drug-likeness (QED) is 0.839. The van der Waals surface area contributed by atoms with E-state index in [9.17, 15) is 21.6 Å². The first-order chi connectivity index (χ1) is 7.68. The molecule has 1 aromatic rings. The Kier molecular flexibility index (Phi) is 4.19. The zero-order chi connectivity index (χ0) is 13.1. The normalized spacial score (nSPS) is 12.7. The number of alkyl halides is 3. The molecule has 17 heavy (non-hydrogen) atoms. The van der Waals surface area contributed by atoms with Gasteiger partial charge in [0.15, 0.2) is 9.84 Å². The Hall–Kier alpha value is -1.04. The standard InChI is InChI=1S/C11H13F3O2S/c1-9-2-4-10(5-3-9)8-17(15,16)7-6-11(12,13)14/h2-5H,6-8H2,1H3. The number of hydrogen-bond acceptors (Lipinski definition) is 2. The van der Waals surface area contributed by atoms with E-state index in [0.717, 1.165) is 5.56 Å². The van der Waals surface area contributed by atoms with Crippen molar-refractivity contribution in [3.63, 3.8) is 0 Å². The predicted octanol–water partition coefficient (Wildman–Crippen LogP) is 2.86. The van der Waals surface area contributed by atoms with Crippen molar-refractivity contribution in [3.05, 3.63) is 35.4 Å². The lowest BCUT2D eigenvalue weighted by Crippen LogP contribution is -2.17. The Morgan fingerprint density at radius 1 is 1.12 bits per heavy atom. The molecule has 0 aliphatic heterocycles. The van der Waals surface area contributed by atoms with Gasteiger partial charge in [-0.15, -0.1) is 0 Å². The minimum atomic E-state index is -4.43.